The summed E-state index contributed by atoms with van der Waals surface area (Å²) in [7, 11) is -2.93. The van der Waals surface area contributed by atoms with E-state index in [4.69, 9.17) is 23.3 Å². The number of rotatable bonds is 11. The average Bonchev–Trinajstić information content (AvgIpc) is 3.17. The van der Waals surface area contributed by atoms with Crippen LogP contribution in [0.15, 0.2) is 54.9 Å². The number of methoxy groups -OCH3 is 1. The highest BCUT2D eigenvalue weighted by Gasteiger charge is 2.50. The molecule has 0 saturated carbocycles. The molecule has 1 aromatic carbocycles. The molecule has 3 rings (SSSR count). The van der Waals surface area contributed by atoms with Crippen molar-refractivity contribution >= 4 is 25.7 Å². The van der Waals surface area contributed by atoms with Gasteiger partial charge in [0.1, 0.15) is 17.4 Å². The van der Waals surface area contributed by atoms with Crippen molar-refractivity contribution in [1.29, 1.82) is 0 Å². The Bertz CT molecular complexity index is 1160. The van der Waals surface area contributed by atoms with E-state index < -0.39 is 56.0 Å². The molecule has 0 bridgehead atoms. The third-order valence-corrected chi connectivity index (χ3v) is 7.29. The zero-order valence-electron chi connectivity index (χ0n) is 20.8. The molecule has 0 amide bonds. The molecule has 2 N–H and O–H groups in total. The fraction of sp³-hybridized carbons (Fsp3) is 0.417. The van der Waals surface area contributed by atoms with Crippen molar-refractivity contribution in [2.45, 2.75) is 45.2 Å². The predicted octanol–water partition coefficient (Wildman–Crippen LogP) is 2.49. The normalized spacial score (nSPS) is 23.5. The quantitative estimate of drug-likeness (QED) is 0.247. The van der Waals surface area contributed by atoms with Crippen LogP contribution in [0.5, 0.6) is 5.75 Å². The first-order chi connectivity index (χ1) is 17.5. The lowest BCUT2D eigenvalue weighted by atomic mass is 10.0. The predicted molar refractivity (Wildman–Crippen MR) is 127 cm³/mol. The molecule has 1 fully saturated rings. The van der Waals surface area contributed by atoms with Crippen LogP contribution in [0.1, 0.15) is 37.4 Å². The van der Waals surface area contributed by atoms with Crippen molar-refractivity contribution in [3.8, 4) is 5.75 Å². The maximum absolute atomic E-state index is 13.6. The molecule has 0 radical (unpaired) electrons. The number of nitrogens with zero attached hydrogens (tertiary/aromatic N) is 1. The number of carboxylic acids is 1. The number of carboxylic acid groups (broad SMARTS) is 1. The van der Waals surface area contributed by atoms with Gasteiger partial charge in [-0.1, -0.05) is 25.1 Å². The number of carbonyl (C=O) groups excluding carboxylic acids is 2. The van der Waals surface area contributed by atoms with Gasteiger partial charge in [0, 0.05) is 18.9 Å². The Morgan fingerprint density at radius 3 is 2.51 bits per heavy atom. The van der Waals surface area contributed by atoms with Gasteiger partial charge in [0.25, 0.3) is 0 Å². The third kappa shape index (κ3) is 7.36. The van der Waals surface area contributed by atoms with Gasteiger partial charge in [-0.05, 0) is 25.1 Å². The zero-order valence-corrected chi connectivity index (χ0v) is 21.7. The maximum Gasteiger partial charge on any atom is 0.459 e. The second-order valence-corrected chi connectivity index (χ2v) is 10.1. The summed E-state index contributed by atoms with van der Waals surface area (Å²) in [6.45, 7) is 4.20. The maximum atomic E-state index is 13.6. The number of para-hydroxylation sites is 1. The summed E-state index contributed by atoms with van der Waals surface area (Å²) < 4.78 is 42.7. The largest absolute Gasteiger partial charge is 0.477 e. The minimum atomic E-state index is -4.13. The molecule has 200 valence electrons. The van der Waals surface area contributed by atoms with E-state index in [1.807, 2.05) is 0 Å². The lowest BCUT2D eigenvalue weighted by Gasteiger charge is -2.24. The summed E-state index contributed by atoms with van der Waals surface area (Å²) in [4.78, 5) is 35.2. The molecule has 0 aliphatic carbocycles. The fourth-order valence-corrected chi connectivity index (χ4v) is 5.27. The van der Waals surface area contributed by atoms with Gasteiger partial charge in [-0.3, -0.25) is 14.1 Å². The second kappa shape index (κ2) is 12.3. The minimum absolute atomic E-state index is 0.0155. The van der Waals surface area contributed by atoms with Crippen LogP contribution in [-0.2, 0) is 32.9 Å². The van der Waals surface area contributed by atoms with E-state index in [0.29, 0.717) is 0 Å². The van der Waals surface area contributed by atoms with Crippen molar-refractivity contribution < 1.29 is 51.9 Å². The minimum Gasteiger partial charge on any atom is -0.477 e. The molecule has 13 heteroatoms. The molecule has 0 spiro atoms. The first-order valence-corrected chi connectivity index (χ1v) is 13.0. The zero-order chi connectivity index (χ0) is 27.2. The molecular weight excluding hydrogens is 507 g/mol. The molecule has 2 heterocycles. The van der Waals surface area contributed by atoms with E-state index in [0.717, 1.165) is 0 Å². The lowest BCUT2D eigenvalue weighted by molar-refractivity contribution is -0.765. The smallest absolute Gasteiger partial charge is 0.459 e. The molecule has 1 saturated heterocycles. The van der Waals surface area contributed by atoms with Crippen molar-refractivity contribution in [1.82, 2.24) is 5.09 Å². The molecule has 12 nitrogen and oxygen atoms in total. The molecule has 1 aliphatic rings. The molecule has 1 unspecified atom stereocenters. The van der Waals surface area contributed by atoms with E-state index >= 15 is 0 Å². The standard InChI is InChI=1S/C24H29N2O10P/c1-15-20(35-22(21(15)34-17(3)27)26-12-8-9-18(13-26)23(28)29)14-33-37(31,25-16(2)24(30)32-4)36-19-10-6-5-7-11-19/h5-13,15-16,20-22H,14H2,1-4H3,(H-,25,28,29,31)/p+1/t15-,16+,20-,21-,22-,37?/m1/s1. The average molecular weight is 537 g/mol. The third-order valence-electron chi connectivity index (χ3n) is 5.65. The number of esters is 2. The number of aromatic nitrogens is 1. The lowest BCUT2D eigenvalue weighted by Crippen LogP contribution is -2.46. The Morgan fingerprint density at radius 1 is 1.19 bits per heavy atom. The monoisotopic (exact) mass is 537 g/mol. The molecule has 37 heavy (non-hydrogen) atoms. The van der Waals surface area contributed by atoms with Gasteiger partial charge in [-0.25, -0.2) is 9.36 Å². The van der Waals surface area contributed by atoms with E-state index in [1.165, 1.54) is 43.9 Å². The first kappa shape index (κ1) is 28.3. The Labute approximate surface area is 214 Å². The first-order valence-electron chi connectivity index (χ1n) is 11.4. The number of pyridine rings is 1. The molecule has 1 aromatic heterocycles. The topological polar surface area (TPSA) is 151 Å². The number of hydrogen-bond donors (Lipinski definition) is 2. The van der Waals surface area contributed by atoms with Gasteiger partial charge in [0.05, 0.1) is 19.8 Å². The van der Waals surface area contributed by atoms with Crippen molar-refractivity contribution in [3.63, 3.8) is 0 Å². The van der Waals surface area contributed by atoms with Gasteiger partial charge in [0.2, 0.25) is 0 Å². The molecular formula is C24H30N2O10P+. The number of aromatic carboxylic acids is 1. The highest BCUT2D eigenvalue weighted by Crippen LogP contribution is 2.46. The fourth-order valence-electron chi connectivity index (χ4n) is 3.77. The van der Waals surface area contributed by atoms with Crippen LogP contribution in [-0.4, -0.2) is 55.0 Å². The van der Waals surface area contributed by atoms with E-state index in [9.17, 15) is 24.1 Å². The van der Waals surface area contributed by atoms with Crippen LogP contribution in [0.25, 0.3) is 0 Å². The van der Waals surface area contributed by atoms with Crippen molar-refractivity contribution in [3.05, 3.63) is 60.4 Å². The van der Waals surface area contributed by atoms with Gasteiger partial charge < -0.3 is 23.8 Å². The summed E-state index contributed by atoms with van der Waals surface area (Å²) in [6.07, 6.45) is 0.549. The van der Waals surface area contributed by atoms with Crippen LogP contribution in [0.3, 0.4) is 0 Å². The molecule has 6 atom stereocenters. The highest BCUT2D eigenvalue weighted by atomic mass is 31.2. The molecule has 1 aliphatic heterocycles. The summed E-state index contributed by atoms with van der Waals surface area (Å²) in [6, 6.07) is 10.2. The van der Waals surface area contributed by atoms with Gasteiger partial charge in [0.15, 0.2) is 18.5 Å². The SMILES string of the molecule is COC(=O)[C@H](C)NP(=O)(OC[C@H]1O[C@@H]([n+]2cccc(C(=O)O)c2)[C@H](OC(C)=O)[C@@H]1C)Oc1ccccc1. The van der Waals surface area contributed by atoms with Gasteiger partial charge in [-0.15, -0.1) is 0 Å². The van der Waals surface area contributed by atoms with Gasteiger partial charge >= 0.3 is 31.9 Å². The van der Waals surface area contributed by atoms with Crippen molar-refractivity contribution in [2.24, 2.45) is 5.92 Å². The Kier molecular flexibility index (Phi) is 9.39. The summed E-state index contributed by atoms with van der Waals surface area (Å²) >= 11 is 0. The summed E-state index contributed by atoms with van der Waals surface area (Å²) in [5.41, 5.74) is 0.0155. The number of nitrogens with one attached hydrogen (secondary N) is 1. The van der Waals surface area contributed by atoms with Gasteiger partial charge in [-0.2, -0.15) is 9.65 Å². The van der Waals surface area contributed by atoms with Crippen LogP contribution >= 0.6 is 7.75 Å². The van der Waals surface area contributed by atoms with Crippen LogP contribution < -0.4 is 14.2 Å². The Hall–Kier alpha value is -3.31. The van der Waals surface area contributed by atoms with Crippen LogP contribution in [0.2, 0.25) is 0 Å². The number of hydrogen-bond acceptors (Lipinski definition) is 9. The Morgan fingerprint density at radius 2 is 1.89 bits per heavy atom. The molecule has 2 aromatic rings. The highest BCUT2D eigenvalue weighted by molar-refractivity contribution is 7.52. The summed E-state index contributed by atoms with van der Waals surface area (Å²) in [5.74, 6) is -2.55. The number of carbonyl (C=O) groups is 3. The van der Waals surface area contributed by atoms with Crippen LogP contribution in [0, 0.1) is 5.92 Å². The summed E-state index contributed by atoms with van der Waals surface area (Å²) in [5, 5.41) is 11.9. The second-order valence-electron chi connectivity index (χ2n) is 8.41. The van der Waals surface area contributed by atoms with E-state index in [2.05, 4.69) is 5.09 Å². The Balaban J connectivity index is 1.82. The van der Waals surface area contributed by atoms with Crippen molar-refractivity contribution in [2.75, 3.05) is 13.7 Å². The number of benzene rings is 1. The van der Waals surface area contributed by atoms with E-state index in [-0.39, 0.29) is 17.9 Å². The van der Waals surface area contributed by atoms with Crippen LogP contribution in [0.4, 0.5) is 0 Å². The van der Waals surface area contributed by atoms with E-state index in [1.54, 1.807) is 43.5 Å². The number of ether oxygens (including phenoxy) is 3.